The molecule has 4 atom stereocenters. The number of para-hydroxylation sites is 1. The zero-order chi connectivity index (χ0) is 13.4. The lowest BCUT2D eigenvalue weighted by atomic mass is 9.54. The molecule has 0 bridgehead atoms. The summed E-state index contributed by atoms with van der Waals surface area (Å²) in [4.78, 5) is 2.83. The van der Waals surface area contributed by atoms with Gasteiger partial charge in [-0.05, 0) is 62.2 Å². The van der Waals surface area contributed by atoms with Crippen LogP contribution < -0.4 is 5.32 Å². The Hall–Kier alpha value is -1.02. The summed E-state index contributed by atoms with van der Waals surface area (Å²) in [5, 5.41) is 3.88. The molecule has 3 fully saturated rings. The van der Waals surface area contributed by atoms with Gasteiger partial charge in [0.15, 0.2) is 0 Å². The predicted molar refractivity (Wildman–Crippen MR) is 82.1 cm³/mol. The van der Waals surface area contributed by atoms with Gasteiger partial charge in [-0.3, -0.25) is 4.90 Å². The molecule has 1 aromatic carbocycles. The third kappa shape index (κ3) is 1.17. The summed E-state index contributed by atoms with van der Waals surface area (Å²) in [6, 6.07) is 10.6. The Morgan fingerprint density at radius 1 is 1.15 bits per heavy atom. The van der Waals surface area contributed by atoms with Gasteiger partial charge in [0.05, 0.1) is 0 Å². The van der Waals surface area contributed by atoms with E-state index in [0.29, 0.717) is 16.9 Å². The fraction of sp³-hybridized carbons (Fsp3) is 0.667. The molecule has 5 rings (SSSR count). The monoisotopic (exact) mass is 268 g/mol. The van der Waals surface area contributed by atoms with E-state index < -0.39 is 0 Å². The number of fused-ring (bicyclic) bond motifs is 1. The molecule has 1 aromatic rings. The molecular weight excluding hydrogens is 244 g/mol. The van der Waals surface area contributed by atoms with Crippen molar-refractivity contribution in [3.8, 4) is 0 Å². The van der Waals surface area contributed by atoms with Gasteiger partial charge in [-0.25, -0.2) is 0 Å². The van der Waals surface area contributed by atoms with E-state index in [0.717, 1.165) is 6.04 Å². The minimum atomic E-state index is 0.407. The van der Waals surface area contributed by atoms with Crippen LogP contribution in [0.4, 0.5) is 5.69 Å². The van der Waals surface area contributed by atoms with E-state index in [1.54, 1.807) is 5.56 Å². The second kappa shape index (κ2) is 3.59. The average Bonchev–Trinajstić information content (AvgIpc) is 3.00. The Morgan fingerprint density at radius 2 is 2.05 bits per heavy atom. The summed E-state index contributed by atoms with van der Waals surface area (Å²) in [6.45, 7) is 5.22. The Bertz CT molecular complexity index is 568. The molecule has 1 aliphatic carbocycles. The van der Waals surface area contributed by atoms with Crippen molar-refractivity contribution in [1.82, 2.24) is 4.90 Å². The molecule has 4 aliphatic rings. The lowest BCUT2D eigenvalue weighted by Crippen LogP contribution is -2.62. The zero-order valence-electron chi connectivity index (χ0n) is 12.4. The van der Waals surface area contributed by atoms with Crippen LogP contribution in [-0.4, -0.2) is 30.1 Å². The van der Waals surface area contributed by atoms with Gasteiger partial charge in [0, 0.05) is 23.2 Å². The maximum atomic E-state index is 3.88. The second-order valence-electron chi connectivity index (χ2n) is 7.77. The maximum Gasteiger partial charge on any atom is 0.0382 e. The van der Waals surface area contributed by atoms with Gasteiger partial charge in [-0.15, -0.1) is 0 Å². The highest BCUT2D eigenvalue weighted by molar-refractivity contribution is 5.64. The normalized spacial score (nSPS) is 45.5. The van der Waals surface area contributed by atoms with Gasteiger partial charge in [-0.2, -0.15) is 0 Å². The molecule has 1 N–H and O–H groups in total. The van der Waals surface area contributed by atoms with Crippen molar-refractivity contribution in [1.29, 1.82) is 0 Å². The van der Waals surface area contributed by atoms with Crippen molar-refractivity contribution in [2.24, 2.45) is 5.41 Å². The van der Waals surface area contributed by atoms with E-state index in [1.807, 2.05) is 0 Å². The van der Waals surface area contributed by atoms with E-state index in [4.69, 9.17) is 0 Å². The summed E-state index contributed by atoms with van der Waals surface area (Å²) < 4.78 is 0. The molecule has 20 heavy (non-hydrogen) atoms. The van der Waals surface area contributed by atoms with Crippen molar-refractivity contribution in [3.05, 3.63) is 29.8 Å². The quantitative estimate of drug-likeness (QED) is 0.776. The first kappa shape index (κ1) is 11.6. The molecule has 0 aromatic heterocycles. The molecule has 2 nitrogen and oxygen atoms in total. The predicted octanol–water partition coefficient (Wildman–Crippen LogP) is 3.39. The highest BCUT2D eigenvalue weighted by atomic mass is 15.2. The number of rotatable bonds is 0. The van der Waals surface area contributed by atoms with Gasteiger partial charge in [0.25, 0.3) is 0 Å². The standard InChI is InChI=1S/C18H24N2/c1-17-8-4-11-20-12-10-18(16(17)20)13-5-2-3-6-14(13)19-15(18)7-9-17/h2-3,5-6,15-16,19H,4,7-12H2,1H3/t15-,16-,17-,18-/m1/s1. The van der Waals surface area contributed by atoms with Crippen LogP contribution in [0.5, 0.6) is 0 Å². The lowest BCUT2D eigenvalue weighted by Gasteiger charge is -2.56. The Labute approximate surface area is 121 Å². The number of hydrogen-bond donors (Lipinski definition) is 1. The Kier molecular flexibility index (Phi) is 2.09. The molecule has 0 unspecified atom stereocenters. The Morgan fingerprint density at radius 3 is 3.00 bits per heavy atom. The van der Waals surface area contributed by atoms with Gasteiger partial charge in [-0.1, -0.05) is 25.1 Å². The fourth-order valence-corrected chi connectivity index (χ4v) is 6.28. The van der Waals surface area contributed by atoms with Gasteiger partial charge in [0.2, 0.25) is 0 Å². The number of piperidine rings is 1. The number of nitrogens with one attached hydrogen (secondary N) is 1. The van der Waals surface area contributed by atoms with Crippen LogP contribution in [0.25, 0.3) is 0 Å². The molecule has 106 valence electrons. The number of hydrogen-bond acceptors (Lipinski definition) is 2. The summed E-state index contributed by atoms with van der Waals surface area (Å²) in [7, 11) is 0. The maximum absolute atomic E-state index is 3.88. The van der Waals surface area contributed by atoms with Crippen LogP contribution in [-0.2, 0) is 5.41 Å². The first-order valence-electron chi connectivity index (χ1n) is 8.34. The summed E-state index contributed by atoms with van der Waals surface area (Å²) in [5.41, 5.74) is 4.01. The molecule has 0 amide bonds. The summed E-state index contributed by atoms with van der Waals surface area (Å²) in [5.74, 6) is 0. The van der Waals surface area contributed by atoms with Crippen LogP contribution in [0.2, 0.25) is 0 Å². The molecule has 3 heterocycles. The summed E-state index contributed by atoms with van der Waals surface area (Å²) >= 11 is 0. The van der Waals surface area contributed by atoms with Crippen molar-refractivity contribution in [3.63, 3.8) is 0 Å². The van der Waals surface area contributed by atoms with E-state index in [1.165, 1.54) is 50.9 Å². The van der Waals surface area contributed by atoms with Crippen LogP contribution in [0.3, 0.4) is 0 Å². The van der Waals surface area contributed by atoms with Crippen molar-refractivity contribution in [2.45, 2.75) is 56.5 Å². The number of benzene rings is 1. The van der Waals surface area contributed by atoms with Gasteiger partial charge >= 0.3 is 0 Å². The van der Waals surface area contributed by atoms with E-state index in [9.17, 15) is 0 Å². The second-order valence-corrected chi connectivity index (χ2v) is 7.77. The van der Waals surface area contributed by atoms with Crippen molar-refractivity contribution < 1.29 is 0 Å². The van der Waals surface area contributed by atoms with Crippen LogP contribution >= 0.6 is 0 Å². The average molecular weight is 268 g/mol. The largest absolute Gasteiger partial charge is 0.381 e. The van der Waals surface area contributed by atoms with E-state index >= 15 is 0 Å². The first-order chi connectivity index (χ1) is 9.74. The highest BCUT2D eigenvalue weighted by Crippen LogP contribution is 2.62. The molecule has 0 radical (unpaired) electrons. The zero-order valence-corrected chi connectivity index (χ0v) is 12.4. The van der Waals surface area contributed by atoms with E-state index in [-0.39, 0.29) is 0 Å². The highest BCUT2D eigenvalue weighted by Gasteiger charge is 2.65. The minimum Gasteiger partial charge on any atom is -0.381 e. The SMILES string of the molecule is C[C@@]12CCCN3CC[C@]4(c5ccccc5N[C@@H]4CC1)[C@H]32. The molecule has 1 saturated carbocycles. The van der Waals surface area contributed by atoms with Crippen LogP contribution in [0, 0.1) is 5.41 Å². The molecule has 2 saturated heterocycles. The molecule has 3 aliphatic heterocycles. The fourth-order valence-electron chi connectivity index (χ4n) is 6.28. The molecule has 1 spiro atoms. The van der Waals surface area contributed by atoms with Crippen molar-refractivity contribution >= 4 is 5.69 Å². The van der Waals surface area contributed by atoms with Gasteiger partial charge in [0.1, 0.15) is 0 Å². The third-order valence-electron chi connectivity index (χ3n) is 6.90. The molecule has 2 heteroatoms. The minimum absolute atomic E-state index is 0.407. The third-order valence-corrected chi connectivity index (χ3v) is 6.90. The smallest absolute Gasteiger partial charge is 0.0382 e. The van der Waals surface area contributed by atoms with Crippen molar-refractivity contribution in [2.75, 3.05) is 18.4 Å². The lowest BCUT2D eigenvalue weighted by molar-refractivity contribution is -0.0154. The topological polar surface area (TPSA) is 15.3 Å². The first-order valence-corrected chi connectivity index (χ1v) is 8.34. The number of nitrogens with zero attached hydrogens (tertiary/aromatic N) is 1. The van der Waals surface area contributed by atoms with Crippen LogP contribution in [0.1, 0.15) is 44.6 Å². The van der Waals surface area contributed by atoms with E-state index in [2.05, 4.69) is 41.4 Å². The Balaban J connectivity index is 1.73. The van der Waals surface area contributed by atoms with Gasteiger partial charge < -0.3 is 5.32 Å². The number of anilines is 1. The molecular formula is C18H24N2. The summed E-state index contributed by atoms with van der Waals surface area (Å²) in [6.07, 6.45) is 6.96. The van der Waals surface area contributed by atoms with Crippen LogP contribution in [0.15, 0.2) is 24.3 Å².